The Hall–Kier alpha value is -2.57. The van der Waals surface area contributed by atoms with Crippen molar-refractivity contribution in [2.75, 3.05) is 0 Å². The Labute approximate surface area is 179 Å². The first-order valence-electron chi connectivity index (χ1n) is 10.2. The number of rotatable bonds is 2. The fourth-order valence-electron chi connectivity index (χ4n) is 4.63. The van der Waals surface area contributed by atoms with Crippen molar-refractivity contribution in [3.63, 3.8) is 0 Å². The third-order valence-corrected chi connectivity index (χ3v) is 6.55. The first kappa shape index (κ1) is 19.4. The van der Waals surface area contributed by atoms with Crippen LogP contribution in [-0.2, 0) is 0 Å². The molecule has 0 saturated heterocycles. The summed E-state index contributed by atoms with van der Waals surface area (Å²) in [5.74, 6) is -0.309. The minimum atomic E-state index is -0.309. The molecule has 0 aromatic carbocycles. The highest BCUT2D eigenvalue weighted by atomic mass is 32.1. The van der Waals surface area contributed by atoms with Gasteiger partial charge in [-0.15, -0.1) is 11.3 Å². The maximum atomic E-state index is 14.5. The van der Waals surface area contributed by atoms with E-state index >= 15 is 0 Å². The minimum absolute atomic E-state index is 0.0146. The minimum Gasteiger partial charge on any atom is -0.304 e. The van der Waals surface area contributed by atoms with Crippen LogP contribution in [0.2, 0.25) is 0 Å². The molecule has 5 heterocycles. The molecule has 0 spiro atoms. The van der Waals surface area contributed by atoms with Crippen LogP contribution in [0.4, 0.5) is 4.39 Å². The lowest BCUT2D eigenvalue weighted by Crippen LogP contribution is -2.53. The van der Waals surface area contributed by atoms with Gasteiger partial charge in [0.2, 0.25) is 0 Å². The maximum Gasteiger partial charge on any atom is 0.173 e. The molecule has 1 N–H and O–H groups in total. The van der Waals surface area contributed by atoms with Gasteiger partial charge in [-0.1, -0.05) is 6.08 Å². The fourth-order valence-corrected chi connectivity index (χ4v) is 5.65. The van der Waals surface area contributed by atoms with E-state index in [9.17, 15) is 4.39 Å². The van der Waals surface area contributed by atoms with Gasteiger partial charge in [-0.05, 0) is 70.9 Å². The van der Waals surface area contributed by atoms with Crippen LogP contribution in [0.1, 0.15) is 45.5 Å². The van der Waals surface area contributed by atoms with Crippen LogP contribution in [0.25, 0.3) is 31.9 Å². The van der Waals surface area contributed by atoms with Crippen LogP contribution in [0.5, 0.6) is 0 Å². The maximum absolute atomic E-state index is 14.5. The average molecular weight is 421 g/mol. The second-order valence-corrected chi connectivity index (χ2v) is 10.5. The summed E-state index contributed by atoms with van der Waals surface area (Å²) in [5, 5.41) is 4.75. The summed E-state index contributed by atoms with van der Waals surface area (Å²) in [7, 11) is 0. The number of aryl methyl sites for hydroxylation is 1. The largest absolute Gasteiger partial charge is 0.304 e. The molecule has 0 unspecified atom stereocenters. The molecule has 1 aliphatic heterocycles. The van der Waals surface area contributed by atoms with Crippen molar-refractivity contribution in [3.05, 3.63) is 59.9 Å². The first-order chi connectivity index (χ1) is 14.1. The van der Waals surface area contributed by atoms with Crippen LogP contribution in [0.15, 0.2) is 42.7 Å². The Kier molecular flexibility index (Phi) is 4.18. The molecule has 154 valence electrons. The molecule has 4 aromatic rings. The Morgan fingerprint density at radius 3 is 2.67 bits per heavy atom. The van der Waals surface area contributed by atoms with Crippen molar-refractivity contribution in [2.24, 2.45) is 0 Å². The number of thiophene rings is 1. The Morgan fingerprint density at radius 2 is 1.90 bits per heavy atom. The van der Waals surface area contributed by atoms with Crippen molar-refractivity contribution in [2.45, 2.75) is 52.1 Å². The van der Waals surface area contributed by atoms with Gasteiger partial charge in [0, 0.05) is 39.3 Å². The summed E-state index contributed by atoms with van der Waals surface area (Å²) in [6, 6.07) is 7.88. The second-order valence-electron chi connectivity index (χ2n) is 9.47. The molecule has 4 aromatic heterocycles. The molecule has 5 rings (SSSR count). The predicted octanol–water partition coefficient (Wildman–Crippen LogP) is 5.99. The second kappa shape index (κ2) is 6.46. The van der Waals surface area contributed by atoms with E-state index in [2.05, 4.69) is 62.3 Å². The summed E-state index contributed by atoms with van der Waals surface area (Å²) >= 11 is 1.60. The van der Waals surface area contributed by atoms with Crippen LogP contribution in [-0.4, -0.2) is 25.4 Å². The van der Waals surface area contributed by atoms with Crippen LogP contribution >= 0.6 is 11.3 Å². The third-order valence-electron chi connectivity index (χ3n) is 5.45. The predicted molar refractivity (Wildman–Crippen MR) is 122 cm³/mol. The molecule has 0 atom stereocenters. The van der Waals surface area contributed by atoms with Gasteiger partial charge in [0.25, 0.3) is 0 Å². The summed E-state index contributed by atoms with van der Waals surface area (Å²) in [4.78, 5) is 11.2. The first-order valence-corrected chi connectivity index (χ1v) is 11.0. The van der Waals surface area contributed by atoms with Crippen molar-refractivity contribution in [1.82, 2.24) is 19.7 Å². The Morgan fingerprint density at radius 1 is 1.10 bits per heavy atom. The quantitative estimate of drug-likeness (QED) is 0.433. The molecule has 0 bridgehead atoms. The molecule has 0 amide bonds. The van der Waals surface area contributed by atoms with Gasteiger partial charge in [0.1, 0.15) is 4.83 Å². The molecule has 30 heavy (non-hydrogen) atoms. The lowest BCUT2D eigenvalue weighted by molar-refractivity contribution is 0.297. The molecule has 0 aliphatic carbocycles. The van der Waals surface area contributed by atoms with Gasteiger partial charge in [0.15, 0.2) is 11.5 Å². The van der Waals surface area contributed by atoms with Gasteiger partial charge < -0.3 is 9.72 Å². The molecular weight excluding hydrogens is 395 g/mol. The highest BCUT2D eigenvalue weighted by Crippen LogP contribution is 2.37. The monoisotopic (exact) mass is 420 g/mol. The number of pyridine rings is 2. The van der Waals surface area contributed by atoms with Crippen molar-refractivity contribution >= 4 is 32.8 Å². The molecular formula is C24H25FN4S. The van der Waals surface area contributed by atoms with E-state index in [0.29, 0.717) is 5.65 Å². The van der Waals surface area contributed by atoms with Crippen LogP contribution in [0.3, 0.4) is 0 Å². The van der Waals surface area contributed by atoms with Gasteiger partial charge in [-0.25, -0.2) is 14.4 Å². The van der Waals surface area contributed by atoms with Crippen LogP contribution in [0, 0.1) is 12.7 Å². The zero-order valence-corrected chi connectivity index (χ0v) is 18.7. The average Bonchev–Trinajstić information content (AvgIpc) is 3.21. The number of halogens is 1. The molecule has 1 aliphatic rings. The zero-order chi connectivity index (χ0) is 21.3. The van der Waals surface area contributed by atoms with Crippen LogP contribution < -0.4 is 5.32 Å². The van der Waals surface area contributed by atoms with Crippen molar-refractivity contribution in [3.8, 4) is 10.4 Å². The van der Waals surface area contributed by atoms with E-state index in [-0.39, 0.29) is 16.9 Å². The normalized spacial score (nSPS) is 18.1. The van der Waals surface area contributed by atoms with Gasteiger partial charge in [0.05, 0.1) is 11.4 Å². The molecule has 0 saturated carbocycles. The SMILES string of the molecule is Cc1cn2cc(-c3cc4ccc(C5=CC(C)(C)NC(C)(C)C5)nc4s3)cc(F)c2n1. The summed E-state index contributed by atoms with van der Waals surface area (Å²) < 4.78 is 16.3. The summed E-state index contributed by atoms with van der Waals surface area (Å²) in [5.41, 5.74) is 4.22. The van der Waals surface area contributed by atoms with Crippen molar-refractivity contribution in [1.29, 1.82) is 0 Å². The smallest absolute Gasteiger partial charge is 0.173 e. The number of imidazole rings is 1. The fraction of sp³-hybridized carbons (Fsp3) is 0.333. The highest BCUT2D eigenvalue weighted by molar-refractivity contribution is 7.21. The van der Waals surface area contributed by atoms with Crippen molar-refractivity contribution < 1.29 is 4.39 Å². The van der Waals surface area contributed by atoms with E-state index in [1.807, 2.05) is 19.3 Å². The number of fused-ring (bicyclic) bond motifs is 2. The molecule has 0 fully saturated rings. The number of aromatic nitrogens is 3. The number of nitrogens with zero attached hydrogens (tertiary/aromatic N) is 3. The van der Waals surface area contributed by atoms with E-state index in [1.54, 1.807) is 21.8 Å². The van der Waals surface area contributed by atoms with E-state index < -0.39 is 0 Å². The lowest BCUT2D eigenvalue weighted by Gasteiger charge is -2.41. The number of hydrogen-bond acceptors (Lipinski definition) is 4. The zero-order valence-electron chi connectivity index (χ0n) is 17.9. The molecule has 4 nitrogen and oxygen atoms in total. The van der Waals surface area contributed by atoms with Gasteiger partial charge in [-0.2, -0.15) is 0 Å². The Bertz CT molecular complexity index is 1330. The summed E-state index contributed by atoms with van der Waals surface area (Å²) in [6.45, 7) is 10.7. The van der Waals surface area contributed by atoms with Gasteiger partial charge >= 0.3 is 0 Å². The van der Waals surface area contributed by atoms with E-state index in [1.165, 1.54) is 5.57 Å². The lowest BCUT2D eigenvalue weighted by atomic mass is 9.82. The third kappa shape index (κ3) is 3.44. The standard InChI is InChI=1S/C24H25FN4S/c1-14-12-29-13-16(8-18(25)21(29)26-14)20-9-15-6-7-19(27-22(15)30-20)17-10-23(2,3)28-24(4,5)11-17/h6-10,12-13,28H,11H2,1-5H3. The summed E-state index contributed by atoms with van der Waals surface area (Å²) in [6.07, 6.45) is 6.99. The number of nitrogens with one attached hydrogen (secondary N) is 1. The Balaban J connectivity index is 1.57. The number of hydrogen-bond donors (Lipinski definition) is 1. The topological polar surface area (TPSA) is 42.2 Å². The van der Waals surface area contributed by atoms with E-state index in [4.69, 9.17) is 4.98 Å². The van der Waals surface area contributed by atoms with E-state index in [0.717, 1.165) is 38.5 Å². The highest BCUT2D eigenvalue weighted by Gasteiger charge is 2.32. The molecule has 0 radical (unpaired) electrons. The van der Waals surface area contributed by atoms with Gasteiger partial charge in [-0.3, -0.25) is 0 Å². The molecule has 6 heteroatoms.